The fourth-order valence-corrected chi connectivity index (χ4v) is 6.68. The van der Waals surface area contributed by atoms with Crippen LogP contribution in [0.25, 0.3) is 0 Å². The molecule has 1 aliphatic heterocycles. The maximum atomic E-state index is 12.2. The van der Waals surface area contributed by atoms with Crippen molar-refractivity contribution in [1.29, 1.82) is 0 Å². The molecule has 0 aromatic carbocycles. The van der Waals surface area contributed by atoms with Crippen LogP contribution in [0.15, 0.2) is 15.8 Å². The van der Waals surface area contributed by atoms with Gasteiger partial charge in [0.05, 0.1) is 19.9 Å². The maximum Gasteiger partial charge on any atom is 0.330 e. The van der Waals surface area contributed by atoms with E-state index in [4.69, 9.17) is 4.74 Å². The summed E-state index contributed by atoms with van der Waals surface area (Å²) >= 11 is 0. The average Bonchev–Trinajstić information content (AvgIpc) is 2.84. The van der Waals surface area contributed by atoms with Crippen molar-refractivity contribution in [3.8, 4) is 0 Å². The van der Waals surface area contributed by atoms with Crippen LogP contribution in [-0.2, 0) is 9.53 Å². The lowest BCUT2D eigenvalue weighted by Crippen LogP contribution is -2.71. The van der Waals surface area contributed by atoms with Gasteiger partial charge in [-0.1, -0.05) is 33.9 Å². The van der Waals surface area contributed by atoms with Crippen molar-refractivity contribution in [2.24, 2.45) is 0 Å². The summed E-state index contributed by atoms with van der Waals surface area (Å²) in [6.07, 6.45) is 0.774. The van der Waals surface area contributed by atoms with E-state index in [1.165, 1.54) is 6.20 Å². The smallest absolute Gasteiger partial charge is 0.330 e. The summed E-state index contributed by atoms with van der Waals surface area (Å²) in [6.45, 7) is 10.7. The molecule has 26 heavy (non-hydrogen) atoms. The highest BCUT2D eigenvalue weighted by Crippen LogP contribution is 2.54. The van der Waals surface area contributed by atoms with E-state index in [9.17, 15) is 24.6 Å². The summed E-state index contributed by atoms with van der Waals surface area (Å²) in [5.74, 6) is 0. The first-order valence-electron chi connectivity index (χ1n) is 8.56. The number of aromatic nitrogens is 2. The Morgan fingerprint density at radius 2 is 2.00 bits per heavy atom. The van der Waals surface area contributed by atoms with E-state index in [1.807, 2.05) is 33.9 Å². The van der Waals surface area contributed by atoms with E-state index >= 15 is 0 Å². The predicted molar refractivity (Wildman–Crippen MR) is 98.8 cm³/mol. The summed E-state index contributed by atoms with van der Waals surface area (Å²) in [4.78, 5) is 38.0. The molecule has 3 N–H and O–H groups in total. The highest BCUT2D eigenvalue weighted by Gasteiger charge is 2.69. The molecule has 1 fully saturated rings. The van der Waals surface area contributed by atoms with Crippen LogP contribution >= 0.6 is 0 Å². The topological polar surface area (TPSA) is 122 Å². The molecule has 0 amide bonds. The molecule has 0 bridgehead atoms. The van der Waals surface area contributed by atoms with Crippen LogP contribution in [0.5, 0.6) is 0 Å². The van der Waals surface area contributed by atoms with Crippen molar-refractivity contribution in [2.75, 3.05) is 6.61 Å². The molecule has 1 aliphatic rings. The second kappa shape index (κ2) is 6.26. The number of aromatic amines is 1. The van der Waals surface area contributed by atoms with Crippen LogP contribution in [-0.4, -0.2) is 51.6 Å². The molecule has 1 aromatic rings. The number of hydrogen-bond acceptors (Lipinski definition) is 6. The second-order valence-corrected chi connectivity index (χ2v) is 14.2. The van der Waals surface area contributed by atoms with Gasteiger partial charge in [0, 0.05) is 18.2 Å². The first-order valence-corrected chi connectivity index (χ1v) is 11.6. The van der Waals surface area contributed by atoms with Crippen LogP contribution in [0, 0.1) is 6.92 Å². The van der Waals surface area contributed by atoms with E-state index in [2.05, 4.69) is 4.98 Å². The Balaban J connectivity index is 2.66. The molecule has 2 rings (SSSR count). The van der Waals surface area contributed by atoms with E-state index in [0.717, 1.165) is 4.57 Å². The molecule has 0 unspecified atom stereocenters. The summed E-state index contributed by atoms with van der Waals surface area (Å²) in [6, 6.07) is 0. The van der Waals surface area contributed by atoms with Crippen LogP contribution < -0.4 is 11.2 Å². The molecule has 3 atom stereocenters. The molecule has 146 valence electrons. The first-order chi connectivity index (χ1) is 11.8. The number of nitrogens with zero attached hydrogens (tertiary/aromatic N) is 1. The molecule has 2 heterocycles. The lowest BCUT2D eigenvalue weighted by molar-refractivity contribution is -0.158. The number of nitrogens with one attached hydrogen (secondary N) is 1. The lowest BCUT2D eigenvalue weighted by atomic mass is 9.98. The third-order valence-electron chi connectivity index (χ3n) is 6.31. The minimum atomic E-state index is -2.64. The average molecular weight is 385 g/mol. The van der Waals surface area contributed by atoms with Gasteiger partial charge < -0.3 is 14.9 Å². The highest BCUT2D eigenvalue weighted by molar-refractivity contribution is 6.83. The van der Waals surface area contributed by atoms with Gasteiger partial charge in [-0.2, -0.15) is 0 Å². The van der Waals surface area contributed by atoms with Gasteiger partial charge in [0.1, 0.15) is 6.23 Å². The number of carbonyl (C=O) groups is 1. The molecule has 1 saturated heterocycles. The number of H-pyrrole nitrogens is 1. The molecule has 0 aliphatic carbocycles. The molecule has 0 saturated carbocycles. The van der Waals surface area contributed by atoms with Gasteiger partial charge in [0.2, 0.25) is 0 Å². The number of aliphatic hydroxyl groups excluding tert-OH is 1. The van der Waals surface area contributed by atoms with Crippen molar-refractivity contribution < 1.29 is 19.7 Å². The molecule has 8 nitrogen and oxygen atoms in total. The monoisotopic (exact) mass is 384 g/mol. The largest absolute Gasteiger partial charge is 0.393 e. The number of rotatable bonds is 4. The Bertz CT molecular complexity index is 824. The first kappa shape index (κ1) is 20.8. The zero-order valence-electron chi connectivity index (χ0n) is 16.1. The van der Waals surface area contributed by atoms with Crippen molar-refractivity contribution >= 4 is 14.4 Å². The van der Waals surface area contributed by atoms with Gasteiger partial charge in [0.15, 0.2) is 11.9 Å². The Morgan fingerprint density at radius 3 is 2.46 bits per heavy atom. The predicted octanol–water partition coefficient (Wildman–Crippen LogP) is 0.473. The van der Waals surface area contributed by atoms with E-state index < -0.39 is 43.0 Å². The lowest BCUT2D eigenvalue weighted by Gasteiger charge is -2.51. The summed E-state index contributed by atoms with van der Waals surface area (Å²) < 4.78 is 6.98. The van der Waals surface area contributed by atoms with Gasteiger partial charge in [-0.3, -0.25) is 19.1 Å². The number of aryl methyl sites for hydroxylation is 1. The van der Waals surface area contributed by atoms with Gasteiger partial charge in [-0.25, -0.2) is 4.79 Å². The van der Waals surface area contributed by atoms with E-state index in [1.54, 1.807) is 6.92 Å². The zero-order chi connectivity index (χ0) is 20.1. The van der Waals surface area contributed by atoms with E-state index in [-0.39, 0.29) is 11.5 Å². The normalized spacial score (nSPS) is 29.8. The Kier molecular flexibility index (Phi) is 5.00. The van der Waals surface area contributed by atoms with Crippen LogP contribution in [0.1, 0.15) is 39.0 Å². The number of aliphatic hydroxyl groups is 2. The van der Waals surface area contributed by atoms with Crippen molar-refractivity contribution in [3.05, 3.63) is 32.6 Å². The van der Waals surface area contributed by atoms with E-state index in [0.29, 0.717) is 11.8 Å². The molecular formula is C17H28N2O6Si. The summed E-state index contributed by atoms with van der Waals surface area (Å²) in [7, 11) is -2.64. The summed E-state index contributed by atoms with van der Waals surface area (Å²) in [5, 5.41) is 19.7. The third kappa shape index (κ3) is 2.73. The van der Waals surface area contributed by atoms with Gasteiger partial charge in [-0.15, -0.1) is 0 Å². The SMILES string of the molecule is Cc1cn([C@H]2C[C@@](O)([Si](C)(C)C(C)(C)C)[C@@](C=O)(CO)O2)c(=O)[nH]c1=O. The Labute approximate surface area is 152 Å². The number of aldehydes is 1. The number of carbonyl (C=O) groups excluding carboxylic acids is 1. The van der Waals surface area contributed by atoms with Gasteiger partial charge in [-0.05, 0) is 12.0 Å². The highest BCUT2D eigenvalue weighted by atomic mass is 28.3. The molecule has 0 spiro atoms. The Hall–Kier alpha value is -1.55. The quantitative estimate of drug-likeness (QED) is 0.512. The third-order valence-corrected chi connectivity index (χ3v) is 12.8. The molecule has 1 aromatic heterocycles. The number of ether oxygens (including phenoxy) is 1. The minimum Gasteiger partial charge on any atom is -0.393 e. The van der Waals surface area contributed by atoms with Gasteiger partial charge in [0.25, 0.3) is 5.56 Å². The fraction of sp³-hybridized carbons (Fsp3) is 0.706. The fourth-order valence-electron chi connectivity index (χ4n) is 3.50. The summed E-state index contributed by atoms with van der Waals surface area (Å²) in [5.41, 5.74) is -2.73. The van der Waals surface area contributed by atoms with Crippen molar-refractivity contribution in [2.45, 2.75) is 69.3 Å². The minimum absolute atomic E-state index is 0.0335. The standard InChI is InChI=1S/C17H28N2O6Si/c1-11-8-19(14(23)18-13(11)22)12-7-17(24,16(9-20,10-21)25-12)26(5,6)15(2,3)4/h8-9,12,21,24H,7,10H2,1-6H3,(H,18,22,23)/t12-,16-,17-/m1/s1. The zero-order valence-corrected chi connectivity index (χ0v) is 17.1. The van der Waals surface area contributed by atoms with Crippen molar-refractivity contribution in [3.63, 3.8) is 0 Å². The maximum absolute atomic E-state index is 12.2. The second-order valence-electron chi connectivity index (χ2n) is 8.66. The van der Waals surface area contributed by atoms with Crippen LogP contribution in [0.2, 0.25) is 18.1 Å². The van der Waals surface area contributed by atoms with Gasteiger partial charge >= 0.3 is 5.69 Å². The number of hydrogen-bond donors (Lipinski definition) is 3. The Morgan fingerprint density at radius 1 is 1.42 bits per heavy atom. The molecular weight excluding hydrogens is 356 g/mol. The van der Waals surface area contributed by atoms with Crippen LogP contribution in [0.4, 0.5) is 0 Å². The van der Waals surface area contributed by atoms with Crippen LogP contribution in [0.3, 0.4) is 0 Å². The van der Waals surface area contributed by atoms with Crippen molar-refractivity contribution in [1.82, 2.24) is 9.55 Å². The molecule has 0 radical (unpaired) electrons. The molecule has 9 heteroatoms.